The molecule has 0 saturated carbocycles. The van der Waals surface area contributed by atoms with E-state index in [2.05, 4.69) is 20.8 Å². The minimum atomic E-state index is -0.816. The summed E-state index contributed by atoms with van der Waals surface area (Å²) in [5.41, 5.74) is 0.859. The molecule has 23 heavy (non-hydrogen) atoms. The fourth-order valence-electron chi connectivity index (χ4n) is 2.83. The van der Waals surface area contributed by atoms with Gasteiger partial charge in [-0.25, -0.2) is 0 Å². The minimum absolute atomic E-state index is 0.0715. The highest BCUT2D eigenvalue weighted by Gasteiger charge is 2.15. The number of carboxylic acids is 1. The van der Waals surface area contributed by atoms with Gasteiger partial charge >= 0.3 is 5.97 Å². The molecule has 0 aliphatic carbocycles. The Bertz CT molecular complexity index is 530. The average molecular weight is 386 g/mol. The first-order chi connectivity index (χ1) is 11.1. The molecule has 1 aliphatic rings. The molecule has 1 heterocycles. The number of likely N-dealkylation sites (tertiary alicyclic amines) is 1. The topological polar surface area (TPSA) is 59.0 Å². The van der Waals surface area contributed by atoms with E-state index in [0.29, 0.717) is 24.5 Å². The van der Waals surface area contributed by atoms with Crippen molar-refractivity contribution in [1.29, 1.82) is 0 Å². The number of carboxylic acid groups (broad SMARTS) is 1. The van der Waals surface area contributed by atoms with Gasteiger partial charge in [0.1, 0.15) is 6.61 Å². The lowest BCUT2D eigenvalue weighted by Gasteiger charge is -2.26. The van der Waals surface area contributed by atoms with Crippen molar-refractivity contribution in [2.45, 2.75) is 32.1 Å². The van der Waals surface area contributed by atoms with Crippen LogP contribution in [0.25, 0.3) is 0 Å². The van der Waals surface area contributed by atoms with E-state index in [1.165, 1.54) is 19.3 Å². The predicted molar refractivity (Wildman–Crippen MR) is 92.4 cm³/mol. The van der Waals surface area contributed by atoms with E-state index in [1.54, 1.807) is 7.11 Å². The number of ether oxygens (including phenoxy) is 2. The van der Waals surface area contributed by atoms with E-state index in [4.69, 9.17) is 14.6 Å². The summed E-state index contributed by atoms with van der Waals surface area (Å²) in [6.45, 7) is 3.73. The lowest BCUT2D eigenvalue weighted by atomic mass is 10.1. The van der Waals surface area contributed by atoms with Gasteiger partial charge in [-0.05, 0) is 50.0 Å². The summed E-state index contributed by atoms with van der Waals surface area (Å²) in [5.74, 6) is 0.482. The van der Waals surface area contributed by atoms with Crippen molar-refractivity contribution in [3.63, 3.8) is 0 Å². The normalized spacial score (nSPS) is 15.4. The maximum absolute atomic E-state index is 10.9. The Morgan fingerprint density at radius 3 is 2.70 bits per heavy atom. The first-order valence-corrected chi connectivity index (χ1v) is 8.83. The van der Waals surface area contributed by atoms with Crippen LogP contribution in [0.15, 0.2) is 16.6 Å². The molecule has 0 bridgehead atoms. The molecular weight excluding hydrogens is 362 g/mol. The highest BCUT2D eigenvalue weighted by Crippen LogP contribution is 2.35. The number of piperidine rings is 1. The third-order valence-electron chi connectivity index (χ3n) is 4.03. The van der Waals surface area contributed by atoms with Crippen LogP contribution in [0.5, 0.6) is 11.5 Å². The number of rotatable bonds is 8. The van der Waals surface area contributed by atoms with Gasteiger partial charge in [0.2, 0.25) is 0 Å². The molecule has 0 atom stereocenters. The maximum Gasteiger partial charge on any atom is 0.303 e. The van der Waals surface area contributed by atoms with Gasteiger partial charge in [0.05, 0.1) is 7.11 Å². The number of carbonyl (C=O) groups is 1. The second-order valence-corrected chi connectivity index (χ2v) is 6.66. The molecule has 1 fully saturated rings. The molecule has 1 aromatic rings. The fraction of sp³-hybridized carbons (Fsp3) is 0.588. The van der Waals surface area contributed by atoms with Gasteiger partial charge in [-0.2, -0.15) is 0 Å². The molecule has 128 valence electrons. The van der Waals surface area contributed by atoms with Gasteiger partial charge in [-0.15, -0.1) is 0 Å². The zero-order valence-corrected chi connectivity index (χ0v) is 15.1. The standard InChI is InChI=1S/C17H24BrNO4/c1-22-15-12-14(18)11-13(5-6-16(20)21)17(15)23-10-9-19-7-3-2-4-8-19/h11-12H,2-10H2,1H3,(H,20,21). The Morgan fingerprint density at radius 1 is 1.30 bits per heavy atom. The van der Waals surface area contributed by atoms with Crippen LogP contribution in [0.2, 0.25) is 0 Å². The van der Waals surface area contributed by atoms with E-state index >= 15 is 0 Å². The third-order valence-corrected chi connectivity index (χ3v) is 4.49. The number of methoxy groups -OCH3 is 1. The van der Waals surface area contributed by atoms with Crippen molar-refractivity contribution in [3.05, 3.63) is 22.2 Å². The van der Waals surface area contributed by atoms with Gasteiger partial charge in [0.25, 0.3) is 0 Å². The van der Waals surface area contributed by atoms with Crippen molar-refractivity contribution in [2.75, 3.05) is 33.4 Å². The van der Waals surface area contributed by atoms with Crippen LogP contribution >= 0.6 is 15.9 Å². The van der Waals surface area contributed by atoms with Crippen LogP contribution < -0.4 is 9.47 Å². The Kier molecular flexibility index (Phi) is 7.17. The quantitative estimate of drug-likeness (QED) is 0.743. The molecule has 0 unspecified atom stereocenters. The number of benzene rings is 1. The molecular formula is C17H24BrNO4. The molecule has 6 heteroatoms. The Labute approximate surface area is 145 Å². The van der Waals surface area contributed by atoms with Gasteiger partial charge in [-0.1, -0.05) is 22.4 Å². The monoisotopic (exact) mass is 385 g/mol. The minimum Gasteiger partial charge on any atom is -0.493 e. The van der Waals surface area contributed by atoms with E-state index in [-0.39, 0.29) is 6.42 Å². The van der Waals surface area contributed by atoms with E-state index in [1.807, 2.05) is 12.1 Å². The summed E-state index contributed by atoms with van der Waals surface area (Å²) < 4.78 is 12.2. The number of nitrogens with zero attached hydrogens (tertiary/aromatic N) is 1. The number of halogens is 1. The lowest BCUT2D eigenvalue weighted by Crippen LogP contribution is -2.33. The summed E-state index contributed by atoms with van der Waals surface area (Å²) in [7, 11) is 1.60. The first-order valence-electron chi connectivity index (χ1n) is 8.03. The van der Waals surface area contributed by atoms with Crippen LogP contribution in [0.3, 0.4) is 0 Å². The molecule has 1 aromatic carbocycles. The van der Waals surface area contributed by atoms with Crippen LogP contribution in [-0.2, 0) is 11.2 Å². The van der Waals surface area contributed by atoms with Gasteiger partial charge in [0, 0.05) is 17.4 Å². The third kappa shape index (κ3) is 5.70. The molecule has 1 saturated heterocycles. The summed E-state index contributed by atoms with van der Waals surface area (Å²) >= 11 is 3.43. The van der Waals surface area contributed by atoms with Crippen LogP contribution in [-0.4, -0.2) is 49.3 Å². The predicted octanol–water partition coefficient (Wildman–Crippen LogP) is 3.34. The largest absolute Gasteiger partial charge is 0.493 e. The summed E-state index contributed by atoms with van der Waals surface area (Å²) in [5, 5.41) is 8.92. The molecule has 0 spiro atoms. The van der Waals surface area contributed by atoms with Crippen LogP contribution in [0, 0.1) is 0 Å². The summed E-state index contributed by atoms with van der Waals surface area (Å²) in [6.07, 6.45) is 4.32. The van der Waals surface area contributed by atoms with Crippen molar-refractivity contribution < 1.29 is 19.4 Å². The molecule has 2 rings (SSSR count). The Hall–Kier alpha value is -1.27. The van der Waals surface area contributed by atoms with Crippen molar-refractivity contribution in [2.24, 2.45) is 0 Å². The van der Waals surface area contributed by atoms with Gasteiger partial charge in [0.15, 0.2) is 11.5 Å². The summed E-state index contributed by atoms with van der Waals surface area (Å²) in [6, 6.07) is 3.75. The first kappa shape index (κ1) is 18.1. The van der Waals surface area contributed by atoms with Crippen LogP contribution in [0.1, 0.15) is 31.2 Å². The maximum atomic E-state index is 10.9. The second-order valence-electron chi connectivity index (χ2n) is 5.74. The SMILES string of the molecule is COc1cc(Br)cc(CCC(=O)O)c1OCCN1CCCCC1. The second kappa shape index (κ2) is 9.13. The van der Waals surface area contributed by atoms with Crippen molar-refractivity contribution in [3.8, 4) is 11.5 Å². The van der Waals surface area contributed by atoms with E-state index in [0.717, 1.165) is 29.7 Å². The number of hydrogen-bond acceptors (Lipinski definition) is 4. The number of aryl methyl sites for hydroxylation is 1. The molecule has 0 radical (unpaired) electrons. The zero-order chi connectivity index (χ0) is 16.7. The zero-order valence-electron chi connectivity index (χ0n) is 13.5. The van der Waals surface area contributed by atoms with Crippen molar-refractivity contribution >= 4 is 21.9 Å². The van der Waals surface area contributed by atoms with E-state index in [9.17, 15) is 4.79 Å². The average Bonchev–Trinajstić information content (AvgIpc) is 2.55. The highest BCUT2D eigenvalue weighted by molar-refractivity contribution is 9.10. The molecule has 1 N–H and O–H groups in total. The fourth-order valence-corrected chi connectivity index (χ4v) is 3.31. The number of hydrogen-bond donors (Lipinski definition) is 1. The smallest absolute Gasteiger partial charge is 0.303 e. The number of aliphatic carboxylic acids is 1. The highest BCUT2D eigenvalue weighted by atomic mass is 79.9. The van der Waals surface area contributed by atoms with E-state index < -0.39 is 5.97 Å². The molecule has 1 aliphatic heterocycles. The van der Waals surface area contributed by atoms with Gasteiger partial charge in [-0.3, -0.25) is 9.69 Å². The molecule has 5 nitrogen and oxygen atoms in total. The van der Waals surface area contributed by atoms with Crippen molar-refractivity contribution in [1.82, 2.24) is 4.90 Å². The van der Waals surface area contributed by atoms with Gasteiger partial charge < -0.3 is 14.6 Å². The molecule has 0 amide bonds. The summed E-state index contributed by atoms with van der Waals surface area (Å²) in [4.78, 5) is 13.3. The van der Waals surface area contributed by atoms with Crippen LogP contribution in [0.4, 0.5) is 0 Å². The Balaban J connectivity index is 2.02. The Morgan fingerprint density at radius 2 is 2.04 bits per heavy atom. The molecule has 0 aromatic heterocycles. The lowest BCUT2D eigenvalue weighted by molar-refractivity contribution is -0.136.